The van der Waals surface area contributed by atoms with Crippen molar-refractivity contribution in [3.8, 4) is 0 Å². The third kappa shape index (κ3) is 6.13. The van der Waals surface area contributed by atoms with Crippen LogP contribution in [0.15, 0.2) is 66.8 Å². The van der Waals surface area contributed by atoms with Crippen LogP contribution in [-0.2, 0) is 14.3 Å². The van der Waals surface area contributed by atoms with Gasteiger partial charge in [0.1, 0.15) is 11.9 Å². The molecule has 4 rings (SSSR count). The molecule has 0 radical (unpaired) electrons. The molecule has 2 aliphatic rings. The van der Waals surface area contributed by atoms with E-state index in [0.29, 0.717) is 57.1 Å². The van der Waals surface area contributed by atoms with Gasteiger partial charge in [-0.3, -0.25) is 14.8 Å². The summed E-state index contributed by atoms with van der Waals surface area (Å²) in [6, 6.07) is 3.48. The van der Waals surface area contributed by atoms with Crippen LogP contribution in [0.3, 0.4) is 0 Å². The Hall–Kier alpha value is -3.38. The van der Waals surface area contributed by atoms with Crippen molar-refractivity contribution in [1.82, 2.24) is 10.3 Å². The van der Waals surface area contributed by atoms with E-state index in [1.165, 1.54) is 30.6 Å². The van der Waals surface area contributed by atoms with E-state index in [0.717, 1.165) is 5.57 Å². The second-order valence-electron chi connectivity index (χ2n) is 8.50. The third-order valence-electron chi connectivity index (χ3n) is 6.12. The number of carbonyl (C=O) groups is 2. The zero-order valence-corrected chi connectivity index (χ0v) is 22.3. The minimum absolute atomic E-state index is 0.0752. The van der Waals surface area contributed by atoms with E-state index in [2.05, 4.69) is 31.2 Å². The summed E-state index contributed by atoms with van der Waals surface area (Å²) in [4.78, 5) is 37.4. The quantitative estimate of drug-likeness (QED) is 0.311. The number of carbonyl (C=O) groups excluding carboxylic acids is 1. The highest BCUT2D eigenvalue weighted by Crippen LogP contribution is 2.41. The number of carboxylic acids is 1. The summed E-state index contributed by atoms with van der Waals surface area (Å²) < 4.78 is 19.6. The minimum Gasteiger partial charge on any atom is -0.481 e. The molecule has 2 atom stereocenters. The highest BCUT2D eigenvalue weighted by atomic mass is 79.9. The first-order valence-corrected chi connectivity index (χ1v) is 13.2. The van der Waals surface area contributed by atoms with Gasteiger partial charge in [-0.25, -0.2) is 14.2 Å². The fraction of sp³-hybridized carbons (Fsp3) is 0.320. The normalized spacial score (nSPS) is 20.1. The smallest absolute Gasteiger partial charge is 0.338 e. The molecule has 1 aromatic heterocycles. The molecule has 1 aliphatic carbocycles. The van der Waals surface area contributed by atoms with Crippen molar-refractivity contribution in [3.05, 3.63) is 73.2 Å². The minimum atomic E-state index is -0.924. The van der Waals surface area contributed by atoms with Gasteiger partial charge in [-0.1, -0.05) is 22.0 Å². The molecule has 0 spiro atoms. The van der Waals surface area contributed by atoms with Crippen molar-refractivity contribution in [2.24, 2.45) is 21.6 Å². The number of methoxy groups -OCH3 is 1. The lowest BCUT2D eigenvalue weighted by Crippen LogP contribution is -2.38. The Morgan fingerprint density at radius 1 is 1.43 bits per heavy atom. The Bertz CT molecular complexity index is 1320. The number of benzene rings is 1. The van der Waals surface area contributed by atoms with Crippen molar-refractivity contribution >= 4 is 51.3 Å². The van der Waals surface area contributed by atoms with Crippen molar-refractivity contribution < 1.29 is 23.8 Å². The lowest BCUT2D eigenvalue weighted by Gasteiger charge is -2.33. The Kier molecular flexibility index (Phi) is 8.49. The van der Waals surface area contributed by atoms with Gasteiger partial charge in [0.05, 0.1) is 19.1 Å². The molecule has 0 amide bonds. The number of nitrogens with two attached hydrogens (primary N) is 1. The number of aromatic nitrogens is 1. The van der Waals surface area contributed by atoms with E-state index in [4.69, 9.17) is 20.6 Å². The Morgan fingerprint density at radius 2 is 2.24 bits per heavy atom. The molecule has 9 nitrogen and oxygen atoms in total. The van der Waals surface area contributed by atoms with Gasteiger partial charge in [-0.05, 0) is 42.5 Å². The highest BCUT2D eigenvalue weighted by molar-refractivity contribution is 9.10. The predicted octanol–water partition coefficient (Wildman–Crippen LogP) is 4.12. The number of amidine groups is 1. The summed E-state index contributed by atoms with van der Waals surface area (Å²) in [6.07, 6.45) is 4.92. The first-order valence-electron chi connectivity index (χ1n) is 11.5. The number of nitrogens with zero attached hydrogens (tertiary/aromatic N) is 3. The summed E-state index contributed by atoms with van der Waals surface area (Å²) in [7, 11) is 1.31. The Morgan fingerprint density at radius 3 is 2.92 bits per heavy atom. The van der Waals surface area contributed by atoms with Crippen LogP contribution < -0.4 is 11.1 Å². The molecular formula is C25H25BrFN5O4S. The molecule has 194 valence electrons. The van der Waals surface area contributed by atoms with Gasteiger partial charge in [-0.15, -0.1) is 11.3 Å². The van der Waals surface area contributed by atoms with Crippen LogP contribution in [0.1, 0.15) is 42.3 Å². The number of nitrogens with one attached hydrogen (secondary N) is 1. The SMILES string of the molecule is COC(=O)C1=C(C2CCC(N)=C(C=NCCC(=O)O)C2)NC(c2nccs2)=NC1c1ccc(F)cc1Br. The van der Waals surface area contributed by atoms with E-state index in [1.807, 2.05) is 5.38 Å². The fourth-order valence-corrected chi connectivity index (χ4v) is 5.48. The first-order chi connectivity index (χ1) is 17.8. The van der Waals surface area contributed by atoms with Gasteiger partial charge in [0.25, 0.3) is 0 Å². The molecule has 4 N–H and O–H groups in total. The van der Waals surface area contributed by atoms with Gasteiger partial charge in [0.15, 0.2) is 10.8 Å². The molecule has 12 heteroatoms. The number of aliphatic imine (C=N–C) groups is 2. The number of aliphatic carboxylic acids is 1. The van der Waals surface area contributed by atoms with Crippen molar-refractivity contribution in [3.63, 3.8) is 0 Å². The van der Waals surface area contributed by atoms with Crippen molar-refractivity contribution in [2.45, 2.75) is 31.7 Å². The molecule has 0 saturated heterocycles. The average Bonchev–Trinajstić information content (AvgIpc) is 3.41. The number of allylic oxidation sites excluding steroid dienone is 3. The number of thiazole rings is 1. The summed E-state index contributed by atoms with van der Waals surface area (Å²) in [5.41, 5.74) is 9.29. The summed E-state index contributed by atoms with van der Waals surface area (Å²) in [5.74, 6) is -1.55. The summed E-state index contributed by atoms with van der Waals surface area (Å²) in [5, 5.41) is 14.7. The molecule has 37 heavy (non-hydrogen) atoms. The van der Waals surface area contributed by atoms with Gasteiger partial charge in [0, 0.05) is 46.1 Å². The topological polar surface area (TPSA) is 139 Å². The van der Waals surface area contributed by atoms with Crippen LogP contribution >= 0.6 is 27.3 Å². The lowest BCUT2D eigenvalue weighted by molar-refractivity contribution is -0.137. The number of carboxylic acid groups (broad SMARTS) is 1. The first kappa shape index (κ1) is 26.7. The van der Waals surface area contributed by atoms with Crippen LogP contribution in [0.25, 0.3) is 0 Å². The standard InChI is InChI=1S/C25H25BrFN5O4S/c1-36-25(35)20-21(13-2-5-18(28)14(10-13)12-29-7-6-19(33)34)31-23(24-30-8-9-37-24)32-22(20)16-4-3-15(27)11-17(16)26/h3-4,8-9,11-13,22H,2,5-7,10,28H2,1H3,(H,31,32)(H,33,34). The van der Waals surface area contributed by atoms with Gasteiger partial charge >= 0.3 is 11.9 Å². The van der Waals surface area contributed by atoms with E-state index in [1.54, 1.807) is 18.5 Å². The molecular weight excluding hydrogens is 565 g/mol. The molecule has 2 heterocycles. The van der Waals surface area contributed by atoms with Gasteiger partial charge in [-0.2, -0.15) is 0 Å². The second-order valence-corrected chi connectivity index (χ2v) is 10.2. The molecule has 1 aliphatic heterocycles. The molecule has 2 unspecified atom stereocenters. The summed E-state index contributed by atoms with van der Waals surface area (Å²) >= 11 is 4.83. The van der Waals surface area contributed by atoms with Crippen LogP contribution in [0.5, 0.6) is 0 Å². The largest absolute Gasteiger partial charge is 0.481 e. The van der Waals surface area contributed by atoms with Crippen molar-refractivity contribution in [1.29, 1.82) is 0 Å². The molecule has 0 fully saturated rings. The average molecular weight is 590 g/mol. The number of rotatable bonds is 8. The van der Waals surface area contributed by atoms with Crippen LogP contribution in [-0.4, -0.2) is 47.7 Å². The fourth-order valence-electron chi connectivity index (χ4n) is 4.32. The molecule has 0 bridgehead atoms. The number of hydrogen-bond donors (Lipinski definition) is 3. The Labute approximate surface area is 225 Å². The lowest BCUT2D eigenvalue weighted by atomic mass is 9.81. The van der Waals surface area contributed by atoms with Gasteiger partial charge in [0.2, 0.25) is 0 Å². The summed E-state index contributed by atoms with van der Waals surface area (Å²) in [6.45, 7) is 0.145. The maximum Gasteiger partial charge on any atom is 0.338 e. The van der Waals surface area contributed by atoms with E-state index < -0.39 is 23.8 Å². The molecule has 1 aromatic carbocycles. The van der Waals surface area contributed by atoms with Crippen molar-refractivity contribution in [2.75, 3.05) is 13.7 Å². The number of ether oxygens (including phenoxy) is 1. The number of esters is 1. The van der Waals surface area contributed by atoms with E-state index >= 15 is 0 Å². The second kappa shape index (κ2) is 11.8. The maximum absolute atomic E-state index is 13.9. The van der Waals surface area contributed by atoms with E-state index in [-0.39, 0.29) is 18.9 Å². The molecule has 2 aromatic rings. The molecule has 0 saturated carbocycles. The van der Waals surface area contributed by atoms with Crippen LogP contribution in [0.2, 0.25) is 0 Å². The zero-order chi connectivity index (χ0) is 26.5. The number of hydrogen-bond acceptors (Lipinski definition) is 9. The predicted molar refractivity (Wildman–Crippen MR) is 142 cm³/mol. The monoisotopic (exact) mass is 589 g/mol. The zero-order valence-electron chi connectivity index (χ0n) is 19.9. The van der Waals surface area contributed by atoms with Crippen LogP contribution in [0, 0.1) is 11.7 Å². The van der Waals surface area contributed by atoms with Crippen LogP contribution in [0.4, 0.5) is 4.39 Å². The van der Waals surface area contributed by atoms with E-state index in [9.17, 15) is 14.0 Å². The Balaban J connectivity index is 1.77. The maximum atomic E-state index is 13.9. The van der Waals surface area contributed by atoms with Gasteiger partial charge < -0.3 is 20.9 Å². The highest BCUT2D eigenvalue weighted by Gasteiger charge is 2.37. The number of halogens is 2. The third-order valence-corrected chi connectivity index (χ3v) is 7.59.